The highest BCUT2D eigenvalue weighted by molar-refractivity contribution is 4.37. The summed E-state index contributed by atoms with van der Waals surface area (Å²) in [6.45, 7) is 0.351. The first-order valence-corrected chi connectivity index (χ1v) is 2.83. The second-order valence-electron chi connectivity index (χ2n) is 1.61. The molecule has 0 aromatic carbocycles. The molecule has 56 valence electrons. The van der Waals surface area contributed by atoms with Gasteiger partial charge in [-0.25, -0.2) is 8.78 Å². The van der Waals surface area contributed by atoms with Crippen LogP contribution in [0.25, 0.3) is 0 Å². The molecule has 0 aliphatic carbocycles. The summed E-state index contributed by atoms with van der Waals surface area (Å²) in [6, 6.07) is 0. The SMILES string of the molecule is NCCCOCC(F)F. The zero-order valence-electron chi connectivity index (χ0n) is 5.15. The van der Waals surface area contributed by atoms with Gasteiger partial charge < -0.3 is 10.5 Å². The fourth-order valence-corrected chi connectivity index (χ4v) is 0.358. The molecule has 0 unspecified atom stereocenters. The Morgan fingerprint density at radius 1 is 1.44 bits per heavy atom. The van der Waals surface area contributed by atoms with E-state index in [1.807, 2.05) is 0 Å². The molecule has 2 nitrogen and oxygen atoms in total. The second kappa shape index (κ2) is 5.91. The first kappa shape index (κ1) is 8.78. The van der Waals surface area contributed by atoms with Crippen molar-refractivity contribution in [3.63, 3.8) is 0 Å². The average Bonchev–Trinajstić information content (AvgIpc) is 1.80. The molecular weight excluding hydrogens is 128 g/mol. The lowest BCUT2D eigenvalue weighted by atomic mass is 10.5. The normalized spacial score (nSPS) is 10.7. The Morgan fingerprint density at radius 2 is 2.11 bits per heavy atom. The maximum Gasteiger partial charge on any atom is 0.261 e. The summed E-state index contributed by atoms with van der Waals surface area (Å²) in [4.78, 5) is 0. The molecule has 0 amide bonds. The molecule has 0 atom stereocenters. The molecule has 0 aliphatic heterocycles. The number of hydrogen-bond donors (Lipinski definition) is 1. The highest BCUT2D eigenvalue weighted by Crippen LogP contribution is 1.92. The Hall–Kier alpha value is -0.220. The molecule has 0 heterocycles. The average molecular weight is 139 g/mol. The van der Waals surface area contributed by atoms with E-state index in [4.69, 9.17) is 5.73 Å². The Morgan fingerprint density at radius 3 is 2.56 bits per heavy atom. The predicted octanol–water partition coefficient (Wildman–Crippen LogP) is 0.617. The quantitative estimate of drug-likeness (QED) is 0.566. The number of halogens is 2. The van der Waals surface area contributed by atoms with Crippen LogP contribution in [0.3, 0.4) is 0 Å². The number of hydrogen-bond acceptors (Lipinski definition) is 2. The van der Waals surface area contributed by atoms with E-state index in [0.717, 1.165) is 0 Å². The van der Waals surface area contributed by atoms with Crippen LogP contribution in [0.4, 0.5) is 8.78 Å². The third kappa shape index (κ3) is 7.78. The van der Waals surface area contributed by atoms with Gasteiger partial charge in [0.25, 0.3) is 6.43 Å². The minimum Gasteiger partial charge on any atom is -0.375 e. The summed E-state index contributed by atoms with van der Waals surface area (Å²) in [7, 11) is 0. The van der Waals surface area contributed by atoms with Crippen LogP contribution in [0.2, 0.25) is 0 Å². The first-order chi connectivity index (χ1) is 4.27. The second-order valence-corrected chi connectivity index (χ2v) is 1.61. The fraction of sp³-hybridized carbons (Fsp3) is 1.00. The summed E-state index contributed by atoms with van der Waals surface area (Å²) in [5.41, 5.74) is 5.08. The van der Waals surface area contributed by atoms with E-state index < -0.39 is 13.0 Å². The smallest absolute Gasteiger partial charge is 0.261 e. The molecule has 9 heavy (non-hydrogen) atoms. The zero-order valence-corrected chi connectivity index (χ0v) is 5.15. The molecule has 0 spiro atoms. The molecule has 2 N–H and O–H groups in total. The van der Waals surface area contributed by atoms with Crippen molar-refractivity contribution in [1.29, 1.82) is 0 Å². The topological polar surface area (TPSA) is 35.2 Å². The van der Waals surface area contributed by atoms with Crippen molar-refractivity contribution >= 4 is 0 Å². The van der Waals surface area contributed by atoms with E-state index in [0.29, 0.717) is 19.6 Å². The highest BCUT2D eigenvalue weighted by Gasteiger charge is 1.99. The van der Waals surface area contributed by atoms with Gasteiger partial charge in [0.1, 0.15) is 6.61 Å². The Kier molecular flexibility index (Phi) is 5.76. The fourth-order valence-electron chi connectivity index (χ4n) is 0.358. The van der Waals surface area contributed by atoms with Gasteiger partial charge in [-0.05, 0) is 13.0 Å². The summed E-state index contributed by atoms with van der Waals surface area (Å²) >= 11 is 0. The van der Waals surface area contributed by atoms with Crippen LogP contribution in [-0.4, -0.2) is 26.2 Å². The number of ether oxygens (including phenoxy) is 1. The van der Waals surface area contributed by atoms with Crippen LogP contribution in [0.5, 0.6) is 0 Å². The molecule has 0 aliphatic rings. The third-order valence-corrected chi connectivity index (χ3v) is 0.737. The standard InChI is InChI=1S/C5H11F2NO/c6-5(7)4-9-3-1-2-8/h5H,1-4,8H2. The zero-order chi connectivity index (χ0) is 7.11. The van der Waals surface area contributed by atoms with Crippen LogP contribution < -0.4 is 5.73 Å². The molecule has 0 radical (unpaired) electrons. The number of nitrogens with two attached hydrogens (primary N) is 1. The monoisotopic (exact) mass is 139 g/mol. The maximum atomic E-state index is 11.3. The Labute approximate surface area is 53.0 Å². The lowest BCUT2D eigenvalue weighted by molar-refractivity contribution is 0.0173. The Balaban J connectivity index is 2.75. The molecule has 0 saturated heterocycles. The number of rotatable bonds is 5. The van der Waals surface area contributed by atoms with Crippen molar-refractivity contribution in [2.75, 3.05) is 19.8 Å². The van der Waals surface area contributed by atoms with Crippen molar-refractivity contribution < 1.29 is 13.5 Å². The predicted molar refractivity (Wildman–Crippen MR) is 30.5 cm³/mol. The lowest BCUT2D eigenvalue weighted by Gasteiger charge is -1.99. The molecule has 0 saturated carbocycles. The minimum absolute atomic E-state index is 0.334. The molecule has 0 bridgehead atoms. The summed E-state index contributed by atoms with van der Waals surface area (Å²) in [5, 5.41) is 0. The van der Waals surface area contributed by atoms with E-state index in [2.05, 4.69) is 4.74 Å². The molecule has 0 rings (SSSR count). The van der Waals surface area contributed by atoms with E-state index in [-0.39, 0.29) is 0 Å². The van der Waals surface area contributed by atoms with Gasteiger partial charge in [0.05, 0.1) is 0 Å². The maximum absolute atomic E-state index is 11.3. The van der Waals surface area contributed by atoms with Crippen molar-refractivity contribution in [2.24, 2.45) is 5.73 Å². The van der Waals surface area contributed by atoms with Gasteiger partial charge >= 0.3 is 0 Å². The number of alkyl halides is 2. The molecule has 0 aromatic rings. The highest BCUT2D eigenvalue weighted by atomic mass is 19.3. The summed E-state index contributed by atoms with van der Waals surface area (Å²) in [6.07, 6.45) is -1.71. The molecule has 4 heteroatoms. The third-order valence-electron chi connectivity index (χ3n) is 0.737. The summed E-state index contributed by atoms with van der Waals surface area (Å²) in [5.74, 6) is 0. The molecular formula is C5H11F2NO. The molecule has 0 fully saturated rings. The minimum atomic E-state index is -2.36. The molecule has 0 aromatic heterocycles. The summed E-state index contributed by atoms with van der Waals surface area (Å²) < 4.78 is 27.1. The lowest BCUT2D eigenvalue weighted by Crippen LogP contribution is -2.08. The van der Waals surface area contributed by atoms with Crippen molar-refractivity contribution in [3.05, 3.63) is 0 Å². The van der Waals surface area contributed by atoms with E-state index >= 15 is 0 Å². The van der Waals surface area contributed by atoms with Gasteiger partial charge in [-0.3, -0.25) is 0 Å². The van der Waals surface area contributed by atoms with Crippen LogP contribution in [0.15, 0.2) is 0 Å². The van der Waals surface area contributed by atoms with E-state index in [1.165, 1.54) is 0 Å². The Bertz CT molecular complexity index is 60.9. The van der Waals surface area contributed by atoms with E-state index in [1.54, 1.807) is 0 Å². The van der Waals surface area contributed by atoms with Gasteiger partial charge in [-0.15, -0.1) is 0 Å². The van der Waals surface area contributed by atoms with Crippen molar-refractivity contribution in [2.45, 2.75) is 12.8 Å². The van der Waals surface area contributed by atoms with Gasteiger partial charge in [-0.1, -0.05) is 0 Å². The van der Waals surface area contributed by atoms with E-state index in [9.17, 15) is 8.78 Å². The van der Waals surface area contributed by atoms with Crippen molar-refractivity contribution in [1.82, 2.24) is 0 Å². The van der Waals surface area contributed by atoms with Crippen LogP contribution >= 0.6 is 0 Å². The van der Waals surface area contributed by atoms with Gasteiger partial charge in [0.15, 0.2) is 0 Å². The van der Waals surface area contributed by atoms with Crippen LogP contribution in [0.1, 0.15) is 6.42 Å². The largest absolute Gasteiger partial charge is 0.375 e. The van der Waals surface area contributed by atoms with Crippen LogP contribution in [0, 0.1) is 0 Å². The van der Waals surface area contributed by atoms with Gasteiger partial charge in [0, 0.05) is 6.61 Å². The van der Waals surface area contributed by atoms with Crippen molar-refractivity contribution in [3.8, 4) is 0 Å². The van der Waals surface area contributed by atoms with Gasteiger partial charge in [-0.2, -0.15) is 0 Å². The van der Waals surface area contributed by atoms with Crippen LogP contribution in [-0.2, 0) is 4.74 Å². The first-order valence-electron chi connectivity index (χ1n) is 2.83. The van der Waals surface area contributed by atoms with Gasteiger partial charge in [0.2, 0.25) is 0 Å².